The summed E-state index contributed by atoms with van der Waals surface area (Å²) in [6.07, 6.45) is 1.86. The van der Waals surface area contributed by atoms with Crippen molar-refractivity contribution in [1.82, 2.24) is 10.6 Å². The molecule has 2 aliphatic rings. The van der Waals surface area contributed by atoms with Gasteiger partial charge in [0.15, 0.2) is 11.5 Å². The fourth-order valence-electron chi connectivity index (χ4n) is 2.87. The van der Waals surface area contributed by atoms with E-state index in [9.17, 15) is 4.79 Å². The SMILES string of the molecule is CC1CCNC1C(=O)NCCc1ccc2c(c1)OCCO2. The van der Waals surface area contributed by atoms with Gasteiger partial charge in [-0.15, -0.1) is 0 Å². The van der Waals surface area contributed by atoms with Crippen molar-refractivity contribution in [3.8, 4) is 11.5 Å². The number of rotatable bonds is 4. The van der Waals surface area contributed by atoms with E-state index in [0.29, 0.717) is 25.7 Å². The van der Waals surface area contributed by atoms with Crippen molar-refractivity contribution in [3.63, 3.8) is 0 Å². The van der Waals surface area contributed by atoms with E-state index in [1.54, 1.807) is 0 Å². The molecule has 114 valence electrons. The number of hydrogen-bond donors (Lipinski definition) is 2. The first-order chi connectivity index (χ1) is 10.2. The maximum atomic E-state index is 12.1. The summed E-state index contributed by atoms with van der Waals surface area (Å²) in [6.45, 7) is 4.89. The van der Waals surface area contributed by atoms with Crippen LogP contribution in [-0.2, 0) is 11.2 Å². The van der Waals surface area contributed by atoms with E-state index in [2.05, 4.69) is 17.6 Å². The highest BCUT2D eigenvalue weighted by molar-refractivity contribution is 5.82. The lowest BCUT2D eigenvalue weighted by Gasteiger charge is -2.19. The normalized spacial score (nSPS) is 23.9. The third-order valence-corrected chi connectivity index (χ3v) is 4.13. The molecule has 0 radical (unpaired) electrons. The molecule has 0 saturated carbocycles. The van der Waals surface area contributed by atoms with Gasteiger partial charge < -0.3 is 20.1 Å². The summed E-state index contributed by atoms with van der Waals surface area (Å²) >= 11 is 0. The smallest absolute Gasteiger partial charge is 0.237 e. The minimum Gasteiger partial charge on any atom is -0.486 e. The highest BCUT2D eigenvalue weighted by Crippen LogP contribution is 2.30. The van der Waals surface area contributed by atoms with E-state index in [1.807, 2.05) is 18.2 Å². The van der Waals surface area contributed by atoms with E-state index >= 15 is 0 Å². The van der Waals surface area contributed by atoms with Gasteiger partial charge in [0.2, 0.25) is 5.91 Å². The Balaban J connectivity index is 1.50. The zero-order valence-corrected chi connectivity index (χ0v) is 12.4. The summed E-state index contributed by atoms with van der Waals surface area (Å²) in [6, 6.07) is 5.92. The number of fused-ring (bicyclic) bond motifs is 1. The van der Waals surface area contributed by atoms with Crippen LogP contribution in [-0.4, -0.2) is 38.3 Å². The lowest BCUT2D eigenvalue weighted by Crippen LogP contribution is -2.43. The third kappa shape index (κ3) is 3.29. The highest BCUT2D eigenvalue weighted by Gasteiger charge is 2.28. The zero-order valence-electron chi connectivity index (χ0n) is 12.4. The summed E-state index contributed by atoms with van der Waals surface area (Å²) in [5.74, 6) is 2.13. The Kier molecular flexibility index (Phi) is 4.29. The van der Waals surface area contributed by atoms with Crippen molar-refractivity contribution in [3.05, 3.63) is 23.8 Å². The van der Waals surface area contributed by atoms with Crippen LogP contribution < -0.4 is 20.1 Å². The maximum absolute atomic E-state index is 12.1. The molecule has 3 rings (SSSR count). The van der Waals surface area contributed by atoms with Crippen molar-refractivity contribution in [2.24, 2.45) is 5.92 Å². The zero-order chi connectivity index (χ0) is 14.7. The summed E-state index contributed by atoms with van der Waals surface area (Å²) in [4.78, 5) is 12.1. The summed E-state index contributed by atoms with van der Waals surface area (Å²) in [5, 5.41) is 6.26. The molecule has 2 heterocycles. The Morgan fingerprint density at radius 3 is 2.90 bits per heavy atom. The third-order valence-electron chi connectivity index (χ3n) is 4.13. The average molecular weight is 290 g/mol. The molecule has 21 heavy (non-hydrogen) atoms. The van der Waals surface area contributed by atoms with Crippen LogP contribution in [0.15, 0.2) is 18.2 Å². The Morgan fingerprint density at radius 1 is 1.33 bits per heavy atom. The van der Waals surface area contributed by atoms with Crippen molar-refractivity contribution in [2.75, 3.05) is 26.3 Å². The van der Waals surface area contributed by atoms with Crippen LogP contribution >= 0.6 is 0 Å². The summed E-state index contributed by atoms with van der Waals surface area (Å²) < 4.78 is 11.1. The molecule has 1 amide bonds. The molecule has 2 N–H and O–H groups in total. The predicted molar refractivity (Wildman–Crippen MR) is 79.7 cm³/mol. The van der Waals surface area contributed by atoms with E-state index in [0.717, 1.165) is 36.4 Å². The van der Waals surface area contributed by atoms with Gasteiger partial charge in [-0.25, -0.2) is 0 Å². The second-order valence-electron chi connectivity index (χ2n) is 5.72. The van der Waals surface area contributed by atoms with Crippen LogP contribution in [0, 0.1) is 5.92 Å². The number of ether oxygens (including phenoxy) is 2. The van der Waals surface area contributed by atoms with Gasteiger partial charge in [-0.05, 0) is 43.0 Å². The molecular weight excluding hydrogens is 268 g/mol. The minimum atomic E-state index is -0.0368. The van der Waals surface area contributed by atoms with E-state index in [1.165, 1.54) is 0 Å². The molecule has 1 fully saturated rings. The van der Waals surface area contributed by atoms with Gasteiger partial charge in [0.1, 0.15) is 13.2 Å². The lowest BCUT2D eigenvalue weighted by molar-refractivity contribution is -0.123. The van der Waals surface area contributed by atoms with Gasteiger partial charge in [0.05, 0.1) is 6.04 Å². The van der Waals surface area contributed by atoms with Crippen LogP contribution in [0.2, 0.25) is 0 Å². The highest BCUT2D eigenvalue weighted by atomic mass is 16.6. The lowest BCUT2D eigenvalue weighted by atomic mass is 10.0. The molecular formula is C16H22N2O3. The standard InChI is InChI=1S/C16H22N2O3/c1-11-4-6-17-15(11)16(19)18-7-5-12-2-3-13-14(10-12)21-9-8-20-13/h2-3,10-11,15,17H,4-9H2,1H3,(H,18,19). The van der Waals surface area contributed by atoms with E-state index in [-0.39, 0.29) is 11.9 Å². The van der Waals surface area contributed by atoms with Gasteiger partial charge in [-0.1, -0.05) is 13.0 Å². The number of carbonyl (C=O) groups is 1. The Labute approximate surface area is 125 Å². The van der Waals surface area contributed by atoms with E-state index < -0.39 is 0 Å². The predicted octanol–water partition coefficient (Wildman–Crippen LogP) is 1.11. The van der Waals surface area contributed by atoms with Crippen LogP contribution in [0.25, 0.3) is 0 Å². The fourth-order valence-corrected chi connectivity index (χ4v) is 2.87. The van der Waals surface area contributed by atoms with Crippen molar-refractivity contribution in [1.29, 1.82) is 0 Å². The van der Waals surface area contributed by atoms with Crippen molar-refractivity contribution < 1.29 is 14.3 Å². The Morgan fingerprint density at radius 2 is 2.14 bits per heavy atom. The van der Waals surface area contributed by atoms with Gasteiger partial charge in [0, 0.05) is 6.54 Å². The summed E-state index contributed by atoms with van der Waals surface area (Å²) in [7, 11) is 0. The quantitative estimate of drug-likeness (QED) is 0.872. The topological polar surface area (TPSA) is 59.6 Å². The first-order valence-electron chi connectivity index (χ1n) is 7.63. The molecule has 1 saturated heterocycles. The molecule has 1 aromatic rings. The second kappa shape index (κ2) is 6.35. The van der Waals surface area contributed by atoms with Gasteiger partial charge >= 0.3 is 0 Å². The monoisotopic (exact) mass is 290 g/mol. The number of benzene rings is 1. The second-order valence-corrected chi connectivity index (χ2v) is 5.72. The van der Waals surface area contributed by atoms with Crippen LogP contribution in [0.5, 0.6) is 11.5 Å². The molecule has 5 heteroatoms. The number of hydrogen-bond acceptors (Lipinski definition) is 4. The molecule has 2 unspecified atom stereocenters. The molecule has 0 aromatic heterocycles. The van der Waals surface area contributed by atoms with Crippen LogP contribution in [0.3, 0.4) is 0 Å². The molecule has 5 nitrogen and oxygen atoms in total. The first kappa shape index (κ1) is 14.2. The largest absolute Gasteiger partial charge is 0.486 e. The molecule has 0 bridgehead atoms. The molecule has 2 atom stereocenters. The van der Waals surface area contributed by atoms with E-state index in [4.69, 9.17) is 9.47 Å². The summed E-state index contributed by atoms with van der Waals surface area (Å²) in [5.41, 5.74) is 1.15. The van der Waals surface area contributed by atoms with Crippen LogP contribution in [0.4, 0.5) is 0 Å². The molecule has 0 aliphatic carbocycles. The fraction of sp³-hybridized carbons (Fsp3) is 0.562. The van der Waals surface area contributed by atoms with Gasteiger partial charge in [0.25, 0.3) is 0 Å². The Bertz CT molecular complexity index is 518. The number of nitrogens with one attached hydrogen (secondary N) is 2. The molecule has 1 aromatic carbocycles. The van der Waals surface area contributed by atoms with Crippen LogP contribution in [0.1, 0.15) is 18.9 Å². The molecule has 2 aliphatic heterocycles. The average Bonchev–Trinajstić information content (AvgIpc) is 2.93. The van der Waals surface area contributed by atoms with Crippen molar-refractivity contribution >= 4 is 5.91 Å². The van der Waals surface area contributed by atoms with Crippen molar-refractivity contribution in [2.45, 2.75) is 25.8 Å². The molecule has 0 spiro atoms. The maximum Gasteiger partial charge on any atom is 0.237 e. The van der Waals surface area contributed by atoms with Gasteiger partial charge in [-0.2, -0.15) is 0 Å². The number of carbonyl (C=O) groups excluding carboxylic acids is 1. The Hall–Kier alpha value is -1.75. The number of amides is 1. The minimum absolute atomic E-state index is 0.0368. The van der Waals surface area contributed by atoms with Gasteiger partial charge in [-0.3, -0.25) is 4.79 Å². The first-order valence-corrected chi connectivity index (χ1v) is 7.63.